The number of amides is 2. The maximum atomic E-state index is 12.8. The van der Waals surface area contributed by atoms with Gasteiger partial charge in [-0.05, 0) is 18.2 Å². The van der Waals surface area contributed by atoms with Crippen LogP contribution < -0.4 is 19.3 Å². The van der Waals surface area contributed by atoms with E-state index in [0.717, 1.165) is 0 Å². The molecule has 0 saturated carbocycles. The highest BCUT2D eigenvalue weighted by atomic mass is 16.5. The monoisotopic (exact) mass is 399 g/mol. The lowest BCUT2D eigenvalue weighted by Crippen LogP contribution is -2.52. The van der Waals surface area contributed by atoms with Crippen LogP contribution in [0.4, 0.5) is 11.6 Å². The van der Waals surface area contributed by atoms with Crippen molar-refractivity contribution in [3.63, 3.8) is 0 Å². The highest BCUT2D eigenvalue weighted by molar-refractivity contribution is 5.97. The first-order chi connectivity index (χ1) is 14.0. The predicted molar refractivity (Wildman–Crippen MR) is 108 cm³/mol. The van der Waals surface area contributed by atoms with Gasteiger partial charge in [0.05, 0.1) is 14.2 Å². The minimum atomic E-state index is -0.220. The molecular formula is C20H25N5O4. The van der Waals surface area contributed by atoms with Crippen LogP contribution in [-0.4, -0.2) is 73.6 Å². The first-order valence-corrected chi connectivity index (χ1v) is 9.33. The molecule has 2 heterocycles. The van der Waals surface area contributed by atoms with E-state index in [2.05, 4.69) is 9.97 Å². The van der Waals surface area contributed by atoms with Crippen molar-refractivity contribution < 1.29 is 19.1 Å². The first kappa shape index (κ1) is 20.4. The van der Waals surface area contributed by atoms with Crippen LogP contribution in [0, 0.1) is 0 Å². The smallest absolute Gasteiger partial charge is 0.242 e. The summed E-state index contributed by atoms with van der Waals surface area (Å²) < 4.78 is 10.5. The predicted octanol–water partition coefficient (Wildman–Crippen LogP) is 1.20. The fourth-order valence-electron chi connectivity index (χ4n) is 3.22. The number of anilines is 2. The van der Waals surface area contributed by atoms with Gasteiger partial charge in [0.15, 0.2) is 11.5 Å². The van der Waals surface area contributed by atoms with Crippen molar-refractivity contribution in [2.24, 2.45) is 0 Å². The van der Waals surface area contributed by atoms with E-state index in [4.69, 9.17) is 9.47 Å². The van der Waals surface area contributed by atoms with Crippen molar-refractivity contribution in [3.8, 4) is 11.5 Å². The summed E-state index contributed by atoms with van der Waals surface area (Å²) >= 11 is 0. The molecule has 2 aromatic rings. The van der Waals surface area contributed by atoms with Crippen LogP contribution in [0.5, 0.6) is 11.5 Å². The fraction of sp³-hybridized carbons (Fsp3) is 0.400. The Bertz CT molecular complexity index is 853. The van der Waals surface area contributed by atoms with E-state index in [1.54, 1.807) is 48.7 Å². The molecule has 1 aromatic carbocycles. The van der Waals surface area contributed by atoms with E-state index in [1.165, 1.54) is 18.9 Å². The number of piperazine rings is 1. The molecule has 0 unspecified atom stereocenters. The number of carbonyl (C=O) groups is 2. The Morgan fingerprint density at radius 2 is 1.69 bits per heavy atom. The van der Waals surface area contributed by atoms with Gasteiger partial charge in [-0.2, -0.15) is 0 Å². The van der Waals surface area contributed by atoms with E-state index in [1.807, 2.05) is 4.90 Å². The fourth-order valence-corrected chi connectivity index (χ4v) is 3.22. The summed E-state index contributed by atoms with van der Waals surface area (Å²) in [5, 5.41) is 0. The molecule has 9 heteroatoms. The lowest BCUT2D eigenvalue weighted by molar-refractivity contribution is -0.131. The zero-order valence-corrected chi connectivity index (χ0v) is 16.9. The third-order valence-electron chi connectivity index (χ3n) is 4.82. The Morgan fingerprint density at radius 1 is 1.03 bits per heavy atom. The van der Waals surface area contributed by atoms with Crippen molar-refractivity contribution >= 4 is 23.5 Å². The third kappa shape index (κ3) is 4.74. The Morgan fingerprint density at radius 3 is 2.28 bits per heavy atom. The summed E-state index contributed by atoms with van der Waals surface area (Å²) in [6.07, 6.45) is 3.40. The average Bonchev–Trinajstić information content (AvgIpc) is 2.77. The van der Waals surface area contributed by atoms with Gasteiger partial charge in [-0.1, -0.05) is 0 Å². The minimum Gasteiger partial charge on any atom is -0.493 e. The largest absolute Gasteiger partial charge is 0.493 e. The SMILES string of the molecule is COc1ccc(N(CC(=O)N2CCN(c3ncccn3)CC2)C(C)=O)cc1OC. The molecule has 154 valence electrons. The molecular weight excluding hydrogens is 374 g/mol. The summed E-state index contributed by atoms with van der Waals surface area (Å²) in [4.78, 5) is 38.8. The van der Waals surface area contributed by atoms with Crippen LogP contribution >= 0.6 is 0 Å². The quantitative estimate of drug-likeness (QED) is 0.721. The highest BCUT2D eigenvalue weighted by Crippen LogP contribution is 2.31. The van der Waals surface area contributed by atoms with Gasteiger partial charge in [0.2, 0.25) is 17.8 Å². The number of nitrogens with zero attached hydrogens (tertiary/aromatic N) is 5. The topological polar surface area (TPSA) is 88.1 Å². The number of hydrogen-bond acceptors (Lipinski definition) is 7. The second kappa shape index (κ2) is 9.22. The van der Waals surface area contributed by atoms with Gasteiger partial charge in [-0.15, -0.1) is 0 Å². The molecule has 0 aliphatic carbocycles. The van der Waals surface area contributed by atoms with Gasteiger partial charge in [0.25, 0.3) is 0 Å². The summed E-state index contributed by atoms with van der Waals surface area (Å²) in [7, 11) is 3.07. The second-order valence-corrected chi connectivity index (χ2v) is 6.56. The van der Waals surface area contributed by atoms with Gasteiger partial charge >= 0.3 is 0 Å². The van der Waals surface area contributed by atoms with Crippen molar-refractivity contribution in [1.29, 1.82) is 0 Å². The zero-order chi connectivity index (χ0) is 20.8. The molecule has 3 rings (SSSR count). The maximum Gasteiger partial charge on any atom is 0.242 e. The van der Waals surface area contributed by atoms with Crippen molar-refractivity contribution in [3.05, 3.63) is 36.7 Å². The number of rotatable bonds is 6. The van der Waals surface area contributed by atoms with Crippen molar-refractivity contribution in [2.75, 3.05) is 56.7 Å². The molecule has 9 nitrogen and oxygen atoms in total. The number of methoxy groups -OCH3 is 2. The standard InChI is InChI=1S/C20H25N5O4/c1-15(26)25(16-5-6-17(28-2)18(13-16)29-3)14-19(27)23-9-11-24(12-10-23)20-21-7-4-8-22-20/h4-8,13H,9-12,14H2,1-3H3. The first-order valence-electron chi connectivity index (χ1n) is 9.33. The normalized spacial score (nSPS) is 13.8. The average molecular weight is 399 g/mol. The molecule has 1 aliphatic heterocycles. The minimum absolute atomic E-state index is 0.0351. The van der Waals surface area contributed by atoms with E-state index >= 15 is 0 Å². The molecule has 0 spiro atoms. The zero-order valence-electron chi connectivity index (χ0n) is 16.9. The van der Waals surface area contributed by atoms with Gasteiger partial charge in [0.1, 0.15) is 6.54 Å². The van der Waals surface area contributed by atoms with E-state index in [9.17, 15) is 9.59 Å². The molecule has 1 fully saturated rings. The Labute approximate surface area is 169 Å². The van der Waals surface area contributed by atoms with Gasteiger partial charge in [-0.25, -0.2) is 9.97 Å². The van der Waals surface area contributed by atoms with Crippen LogP contribution in [0.3, 0.4) is 0 Å². The number of aromatic nitrogens is 2. The van der Waals surface area contributed by atoms with Crippen LogP contribution in [0.25, 0.3) is 0 Å². The number of benzene rings is 1. The summed E-state index contributed by atoms with van der Waals surface area (Å²) in [6, 6.07) is 6.92. The van der Waals surface area contributed by atoms with Crippen molar-refractivity contribution in [1.82, 2.24) is 14.9 Å². The molecule has 1 aliphatic rings. The Balaban J connectivity index is 1.66. The molecule has 0 atom stereocenters. The van der Waals surface area contributed by atoms with Crippen LogP contribution in [-0.2, 0) is 9.59 Å². The second-order valence-electron chi connectivity index (χ2n) is 6.56. The Hall–Kier alpha value is -3.36. The lowest BCUT2D eigenvalue weighted by atomic mass is 10.2. The number of carbonyl (C=O) groups excluding carboxylic acids is 2. The molecule has 1 saturated heterocycles. The van der Waals surface area contributed by atoms with E-state index in [0.29, 0.717) is 49.3 Å². The van der Waals surface area contributed by atoms with Crippen LogP contribution in [0.1, 0.15) is 6.92 Å². The molecule has 29 heavy (non-hydrogen) atoms. The van der Waals surface area contributed by atoms with Crippen LogP contribution in [0.15, 0.2) is 36.7 Å². The summed E-state index contributed by atoms with van der Waals surface area (Å²) in [6.45, 7) is 3.79. The van der Waals surface area contributed by atoms with Gasteiger partial charge in [0, 0.05) is 57.3 Å². The molecule has 0 radical (unpaired) electrons. The van der Waals surface area contributed by atoms with E-state index < -0.39 is 0 Å². The van der Waals surface area contributed by atoms with Gasteiger partial charge in [-0.3, -0.25) is 9.59 Å². The van der Waals surface area contributed by atoms with Crippen LogP contribution in [0.2, 0.25) is 0 Å². The number of ether oxygens (including phenoxy) is 2. The molecule has 1 aromatic heterocycles. The molecule has 2 amide bonds. The summed E-state index contributed by atoms with van der Waals surface area (Å²) in [5.41, 5.74) is 0.583. The number of hydrogen-bond donors (Lipinski definition) is 0. The summed E-state index contributed by atoms with van der Waals surface area (Å²) in [5.74, 6) is 1.39. The van der Waals surface area contributed by atoms with Gasteiger partial charge < -0.3 is 24.2 Å². The Kier molecular flexibility index (Phi) is 6.48. The van der Waals surface area contributed by atoms with E-state index in [-0.39, 0.29) is 18.4 Å². The lowest BCUT2D eigenvalue weighted by Gasteiger charge is -2.35. The van der Waals surface area contributed by atoms with Crippen molar-refractivity contribution in [2.45, 2.75) is 6.92 Å². The highest BCUT2D eigenvalue weighted by Gasteiger charge is 2.25. The molecule has 0 N–H and O–H groups in total. The maximum absolute atomic E-state index is 12.8. The molecule has 0 bridgehead atoms. The third-order valence-corrected chi connectivity index (χ3v) is 4.82.